The summed E-state index contributed by atoms with van der Waals surface area (Å²) in [6.45, 7) is 4.82. The number of hydrogen-bond acceptors (Lipinski definition) is 3. The molecule has 0 aromatic heterocycles. The average Bonchev–Trinajstić information content (AvgIpc) is 2.66. The second kappa shape index (κ2) is 7.44. The summed E-state index contributed by atoms with van der Waals surface area (Å²) in [6.07, 6.45) is 6.30. The lowest BCUT2D eigenvalue weighted by Crippen LogP contribution is -2.31. The Bertz CT molecular complexity index is 427. The van der Waals surface area contributed by atoms with E-state index in [1.54, 1.807) is 24.3 Å². The number of nitrogens with zero attached hydrogens (tertiary/aromatic N) is 1. The fourth-order valence-electron chi connectivity index (χ4n) is 3.02. The topological polar surface area (TPSA) is 40.5 Å². The van der Waals surface area contributed by atoms with Gasteiger partial charge in [0.2, 0.25) is 0 Å². The maximum Gasteiger partial charge on any atom is 0.176 e. The highest BCUT2D eigenvalue weighted by Crippen LogP contribution is 2.22. The fraction of sp³-hybridized carbons (Fsp3) is 0.588. The fourth-order valence-corrected chi connectivity index (χ4v) is 3.02. The second-order valence-electron chi connectivity index (χ2n) is 5.83. The van der Waals surface area contributed by atoms with Crippen LogP contribution in [0.5, 0.6) is 5.75 Å². The average molecular weight is 275 g/mol. The molecule has 0 spiro atoms. The van der Waals surface area contributed by atoms with Crippen LogP contribution in [0.3, 0.4) is 0 Å². The Morgan fingerprint density at radius 3 is 2.70 bits per heavy atom. The van der Waals surface area contributed by atoms with Crippen molar-refractivity contribution in [3.63, 3.8) is 0 Å². The predicted molar refractivity (Wildman–Crippen MR) is 81.1 cm³/mol. The Kier molecular flexibility index (Phi) is 5.60. The molecule has 2 rings (SSSR count). The van der Waals surface area contributed by atoms with E-state index in [4.69, 9.17) is 0 Å². The monoisotopic (exact) mass is 275 g/mol. The molecular weight excluding hydrogens is 250 g/mol. The van der Waals surface area contributed by atoms with E-state index < -0.39 is 0 Å². The highest BCUT2D eigenvalue weighted by Gasteiger charge is 2.18. The molecule has 1 aliphatic rings. The first-order chi connectivity index (χ1) is 9.69. The molecule has 110 valence electrons. The van der Waals surface area contributed by atoms with Gasteiger partial charge in [0.15, 0.2) is 5.78 Å². The van der Waals surface area contributed by atoms with Crippen LogP contribution in [0.25, 0.3) is 0 Å². The van der Waals surface area contributed by atoms with Crippen molar-refractivity contribution < 1.29 is 9.90 Å². The van der Waals surface area contributed by atoms with Crippen LogP contribution in [-0.2, 0) is 0 Å². The zero-order valence-corrected chi connectivity index (χ0v) is 12.3. The van der Waals surface area contributed by atoms with Crippen molar-refractivity contribution in [3.05, 3.63) is 29.8 Å². The number of benzene rings is 1. The molecule has 3 heteroatoms. The van der Waals surface area contributed by atoms with Gasteiger partial charge in [-0.25, -0.2) is 0 Å². The van der Waals surface area contributed by atoms with Gasteiger partial charge in [-0.05, 0) is 62.5 Å². The quantitative estimate of drug-likeness (QED) is 0.836. The largest absolute Gasteiger partial charge is 0.508 e. The summed E-state index contributed by atoms with van der Waals surface area (Å²) in [5.74, 6) is 1.20. The van der Waals surface area contributed by atoms with Crippen LogP contribution >= 0.6 is 0 Å². The minimum absolute atomic E-state index is 0.152. The van der Waals surface area contributed by atoms with Gasteiger partial charge in [-0.3, -0.25) is 9.69 Å². The maximum absolute atomic E-state index is 12.2. The first-order valence-electron chi connectivity index (χ1n) is 7.73. The van der Waals surface area contributed by atoms with Crippen molar-refractivity contribution in [2.75, 3.05) is 19.6 Å². The molecule has 0 radical (unpaired) electrons. The minimum Gasteiger partial charge on any atom is -0.508 e. The highest BCUT2D eigenvalue weighted by atomic mass is 16.3. The highest BCUT2D eigenvalue weighted by molar-refractivity contribution is 5.97. The van der Waals surface area contributed by atoms with E-state index in [1.807, 2.05) is 0 Å². The first-order valence-corrected chi connectivity index (χ1v) is 7.73. The molecule has 0 amide bonds. The summed E-state index contributed by atoms with van der Waals surface area (Å²) in [7, 11) is 0. The Morgan fingerprint density at radius 1 is 1.25 bits per heavy atom. The third kappa shape index (κ3) is 4.34. The summed E-state index contributed by atoms with van der Waals surface area (Å²) in [4.78, 5) is 14.5. The second-order valence-corrected chi connectivity index (χ2v) is 5.83. The van der Waals surface area contributed by atoms with E-state index in [0.717, 1.165) is 19.0 Å². The number of hydrogen-bond donors (Lipinski definition) is 1. The molecule has 1 atom stereocenters. The Morgan fingerprint density at radius 2 is 2.00 bits per heavy atom. The third-order valence-electron chi connectivity index (χ3n) is 4.19. The molecule has 1 unspecified atom stereocenters. The number of aromatic hydroxyl groups is 1. The molecule has 0 saturated carbocycles. The van der Waals surface area contributed by atoms with Gasteiger partial charge in [0.25, 0.3) is 0 Å². The lowest BCUT2D eigenvalue weighted by Gasteiger charge is -2.19. The molecule has 1 fully saturated rings. The molecule has 0 bridgehead atoms. The molecule has 3 nitrogen and oxygen atoms in total. The van der Waals surface area contributed by atoms with E-state index in [-0.39, 0.29) is 11.5 Å². The smallest absolute Gasteiger partial charge is 0.176 e. The predicted octanol–water partition coefficient (Wildman–Crippen LogP) is 3.48. The van der Waals surface area contributed by atoms with Gasteiger partial charge in [-0.2, -0.15) is 0 Å². The van der Waals surface area contributed by atoms with E-state index in [9.17, 15) is 9.90 Å². The summed E-state index contributed by atoms with van der Waals surface area (Å²) < 4.78 is 0. The summed E-state index contributed by atoms with van der Waals surface area (Å²) in [6, 6.07) is 6.56. The molecule has 20 heavy (non-hydrogen) atoms. The number of carbonyl (C=O) groups excluding carboxylic acids is 1. The molecule has 1 heterocycles. The third-order valence-corrected chi connectivity index (χ3v) is 4.19. The van der Waals surface area contributed by atoms with Crippen molar-refractivity contribution in [3.8, 4) is 5.75 Å². The van der Waals surface area contributed by atoms with Crippen LogP contribution in [0.15, 0.2) is 24.3 Å². The van der Waals surface area contributed by atoms with Crippen molar-refractivity contribution in [2.45, 2.75) is 39.0 Å². The minimum atomic E-state index is 0.152. The van der Waals surface area contributed by atoms with Crippen LogP contribution in [0, 0.1) is 5.92 Å². The molecule has 1 saturated heterocycles. The maximum atomic E-state index is 12.2. The van der Waals surface area contributed by atoms with Gasteiger partial charge in [-0.1, -0.05) is 19.8 Å². The van der Waals surface area contributed by atoms with Gasteiger partial charge in [-0.15, -0.1) is 0 Å². The Hall–Kier alpha value is -1.35. The summed E-state index contributed by atoms with van der Waals surface area (Å²) in [5.41, 5.74) is 0.692. The van der Waals surface area contributed by atoms with Gasteiger partial charge in [0.05, 0.1) is 6.54 Å². The molecule has 0 aliphatic carbocycles. The van der Waals surface area contributed by atoms with Gasteiger partial charge >= 0.3 is 0 Å². The number of rotatable bonds is 5. The molecule has 1 aromatic rings. The van der Waals surface area contributed by atoms with Crippen LogP contribution < -0.4 is 0 Å². The van der Waals surface area contributed by atoms with Crippen molar-refractivity contribution in [2.24, 2.45) is 5.92 Å². The normalized spacial score (nSPS) is 20.6. The molecule has 1 N–H and O–H groups in total. The molecular formula is C17H25NO2. The van der Waals surface area contributed by atoms with E-state index in [0.29, 0.717) is 12.1 Å². The van der Waals surface area contributed by atoms with Crippen molar-refractivity contribution in [1.29, 1.82) is 0 Å². The Balaban J connectivity index is 1.86. The van der Waals surface area contributed by atoms with Crippen LogP contribution in [-0.4, -0.2) is 35.4 Å². The van der Waals surface area contributed by atoms with Crippen molar-refractivity contribution >= 4 is 5.78 Å². The molecule has 1 aromatic carbocycles. The number of carbonyl (C=O) groups is 1. The standard InChI is InChI=1S/C17H25NO2/c1-2-4-14-5-3-11-18(12-10-14)13-17(20)15-6-8-16(19)9-7-15/h6-9,14,19H,2-5,10-13H2,1H3. The SMILES string of the molecule is CCCC1CCCN(CC(=O)c2ccc(O)cc2)CC1. The number of phenolic OH excluding ortho intramolecular Hbond substituents is 1. The zero-order valence-electron chi connectivity index (χ0n) is 12.3. The van der Waals surface area contributed by atoms with Crippen molar-refractivity contribution in [1.82, 2.24) is 4.90 Å². The number of Topliss-reactive ketones (excluding diaryl/α,β-unsaturated/α-hetero) is 1. The van der Waals surface area contributed by atoms with E-state index in [2.05, 4.69) is 11.8 Å². The lowest BCUT2D eigenvalue weighted by molar-refractivity contribution is 0.0932. The van der Waals surface area contributed by atoms with E-state index in [1.165, 1.54) is 32.1 Å². The number of phenols is 1. The lowest BCUT2D eigenvalue weighted by atomic mass is 9.96. The van der Waals surface area contributed by atoms with Gasteiger partial charge in [0, 0.05) is 5.56 Å². The van der Waals surface area contributed by atoms with Crippen LogP contribution in [0.4, 0.5) is 0 Å². The van der Waals surface area contributed by atoms with E-state index >= 15 is 0 Å². The summed E-state index contributed by atoms with van der Waals surface area (Å²) in [5, 5.41) is 9.26. The van der Waals surface area contributed by atoms with Gasteiger partial charge < -0.3 is 5.11 Å². The number of ketones is 1. The Labute approximate surface area is 121 Å². The first kappa shape index (κ1) is 15.0. The number of likely N-dealkylation sites (tertiary alicyclic amines) is 1. The summed E-state index contributed by atoms with van der Waals surface area (Å²) >= 11 is 0. The van der Waals surface area contributed by atoms with Crippen LogP contribution in [0.1, 0.15) is 49.4 Å². The molecule has 1 aliphatic heterocycles. The zero-order chi connectivity index (χ0) is 14.4. The van der Waals surface area contributed by atoms with Gasteiger partial charge in [0.1, 0.15) is 5.75 Å². The van der Waals surface area contributed by atoms with Crippen LogP contribution in [0.2, 0.25) is 0 Å².